The van der Waals surface area contributed by atoms with Gasteiger partial charge < -0.3 is 18.9 Å². The van der Waals surface area contributed by atoms with Crippen LogP contribution < -0.4 is 9.47 Å². The van der Waals surface area contributed by atoms with Gasteiger partial charge in [-0.3, -0.25) is 4.79 Å². The lowest BCUT2D eigenvalue weighted by molar-refractivity contribution is -0.208. The lowest BCUT2D eigenvalue weighted by Crippen LogP contribution is -2.38. The summed E-state index contributed by atoms with van der Waals surface area (Å²) in [5, 5.41) is 0. The van der Waals surface area contributed by atoms with Crippen LogP contribution in [0.25, 0.3) is 0 Å². The van der Waals surface area contributed by atoms with E-state index in [4.69, 9.17) is 18.9 Å². The van der Waals surface area contributed by atoms with Crippen LogP contribution in [0.5, 0.6) is 11.5 Å². The second-order valence-electron chi connectivity index (χ2n) is 6.07. The first-order valence-corrected chi connectivity index (χ1v) is 8.82. The van der Waals surface area contributed by atoms with Crippen molar-refractivity contribution in [3.8, 4) is 11.5 Å². The highest BCUT2D eigenvalue weighted by Gasteiger charge is 2.29. The molecular formula is C19H28O5. The molecule has 0 unspecified atom stereocenters. The SMILES string of the molecule is CCCCCC1OCC(C(=O)Oc2ccc(OCC)cc2C)CO1. The Morgan fingerprint density at radius 3 is 2.58 bits per heavy atom. The van der Waals surface area contributed by atoms with E-state index in [9.17, 15) is 4.79 Å². The molecule has 0 aliphatic carbocycles. The first-order valence-electron chi connectivity index (χ1n) is 8.82. The molecule has 2 rings (SSSR count). The molecule has 1 aliphatic heterocycles. The Kier molecular flexibility index (Phi) is 7.53. The number of esters is 1. The highest BCUT2D eigenvalue weighted by atomic mass is 16.7. The van der Waals surface area contributed by atoms with Crippen LogP contribution in [0.1, 0.15) is 45.1 Å². The third kappa shape index (κ3) is 5.49. The topological polar surface area (TPSA) is 54.0 Å². The van der Waals surface area contributed by atoms with Gasteiger partial charge in [-0.25, -0.2) is 0 Å². The Morgan fingerprint density at radius 1 is 1.21 bits per heavy atom. The summed E-state index contributed by atoms with van der Waals surface area (Å²) in [6.07, 6.45) is 4.12. The molecule has 0 radical (unpaired) electrons. The average Bonchev–Trinajstić information content (AvgIpc) is 2.58. The Morgan fingerprint density at radius 2 is 1.96 bits per heavy atom. The van der Waals surface area contributed by atoms with E-state index in [0.717, 1.165) is 24.2 Å². The van der Waals surface area contributed by atoms with Gasteiger partial charge in [0.25, 0.3) is 0 Å². The van der Waals surface area contributed by atoms with Gasteiger partial charge >= 0.3 is 5.97 Å². The molecule has 0 aromatic heterocycles. The predicted molar refractivity (Wildman–Crippen MR) is 91.3 cm³/mol. The fourth-order valence-electron chi connectivity index (χ4n) is 2.59. The zero-order valence-electron chi connectivity index (χ0n) is 14.9. The molecule has 0 saturated carbocycles. The van der Waals surface area contributed by atoms with Crippen molar-refractivity contribution in [2.45, 2.75) is 52.7 Å². The zero-order valence-corrected chi connectivity index (χ0v) is 14.9. The molecule has 1 aromatic rings. The monoisotopic (exact) mass is 336 g/mol. The summed E-state index contributed by atoms with van der Waals surface area (Å²) >= 11 is 0. The molecule has 0 bridgehead atoms. The smallest absolute Gasteiger partial charge is 0.319 e. The third-order valence-electron chi connectivity index (χ3n) is 4.01. The van der Waals surface area contributed by atoms with Gasteiger partial charge in [0.15, 0.2) is 6.29 Å². The summed E-state index contributed by atoms with van der Waals surface area (Å²) in [6, 6.07) is 5.43. The van der Waals surface area contributed by atoms with Crippen LogP contribution in [-0.2, 0) is 14.3 Å². The fraction of sp³-hybridized carbons (Fsp3) is 0.632. The van der Waals surface area contributed by atoms with Crippen LogP contribution in [0, 0.1) is 12.8 Å². The van der Waals surface area contributed by atoms with Gasteiger partial charge in [-0.15, -0.1) is 0 Å². The van der Waals surface area contributed by atoms with Crippen molar-refractivity contribution >= 4 is 5.97 Å². The van der Waals surface area contributed by atoms with E-state index in [0.29, 0.717) is 25.6 Å². The van der Waals surface area contributed by atoms with E-state index < -0.39 is 0 Å². The molecule has 0 N–H and O–H groups in total. The summed E-state index contributed by atoms with van der Waals surface area (Å²) in [5.41, 5.74) is 0.865. The number of benzene rings is 1. The third-order valence-corrected chi connectivity index (χ3v) is 4.01. The summed E-state index contributed by atoms with van der Waals surface area (Å²) in [6.45, 7) is 7.30. The zero-order chi connectivity index (χ0) is 17.4. The lowest BCUT2D eigenvalue weighted by atomic mass is 10.1. The van der Waals surface area contributed by atoms with Crippen LogP contribution in [-0.4, -0.2) is 32.1 Å². The van der Waals surface area contributed by atoms with Gasteiger partial charge in [-0.2, -0.15) is 0 Å². The van der Waals surface area contributed by atoms with Crippen molar-refractivity contribution in [3.05, 3.63) is 23.8 Å². The fourth-order valence-corrected chi connectivity index (χ4v) is 2.59. The minimum absolute atomic E-state index is 0.187. The molecule has 1 heterocycles. The van der Waals surface area contributed by atoms with E-state index in [1.54, 1.807) is 12.1 Å². The van der Waals surface area contributed by atoms with Gasteiger partial charge in [-0.1, -0.05) is 19.8 Å². The maximum Gasteiger partial charge on any atom is 0.319 e. The van der Waals surface area contributed by atoms with Crippen molar-refractivity contribution in [1.82, 2.24) is 0 Å². The molecule has 1 aromatic carbocycles. The first kappa shape index (κ1) is 18.7. The molecule has 24 heavy (non-hydrogen) atoms. The highest BCUT2D eigenvalue weighted by Crippen LogP contribution is 2.25. The first-order chi connectivity index (χ1) is 11.6. The maximum absolute atomic E-state index is 12.3. The van der Waals surface area contributed by atoms with E-state index >= 15 is 0 Å². The Labute approximate surface area is 144 Å². The molecule has 1 saturated heterocycles. The minimum atomic E-state index is -0.376. The lowest BCUT2D eigenvalue weighted by Gasteiger charge is -2.28. The number of carbonyl (C=O) groups excluding carboxylic acids is 1. The van der Waals surface area contributed by atoms with Gasteiger partial charge in [0, 0.05) is 0 Å². The van der Waals surface area contributed by atoms with Crippen molar-refractivity contribution < 1.29 is 23.7 Å². The molecule has 134 valence electrons. The second kappa shape index (κ2) is 9.64. The van der Waals surface area contributed by atoms with Gasteiger partial charge in [-0.05, 0) is 50.5 Å². The molecule has 0 spiro atoms. The summed E-state index contributed by atoms with van der Waals surface area (Å²) in [7, 11) is 0. The normalized spacial score (nSPS) is 20.6. The average molecular weight is 336 g/mol. The molecule has 0 atom stereocenters. The van der Waals surface area contributed by atoms with Crippen LogP contribution in [0.3, 0.4) is 0 Å². The van der Waals surface area contributed by atoms with E-state index in [-0.39, 0.29) is 18.2 Å². The number of aryl methyl sites for hydroxylation is 1. The van der Waals surface area contributed by atoms with Crippen molar-refractivity contribution in [1.29, 1.82) is 0 Å². The summed E-state index contributed by atoms with van der Waals surface area (Å²) in [5.74, 6) is 0.634. The van der Waals surface area contributed by atoms with Crippen molar-refractivity contribution in [3.63, 3.8) is 0 Å². The second-order valence-corrected chi connectivity index (χ2v) is 6.07. The quantitative estimate of drug-likeness (QED) is 0.410. The number of hydrogen-bond donors (Lipinski definition) is 0. The van der Waals surface area contributed by atoms with Gasteiger partial charge in [0.1, 0.15) is 17.4 Å². The molecule has 0 amide bonds. The van der Waals surface area contributed by atoms with Gasteiger partial charge in [0.05, 0.1) is 19.8 Å². The Hall–Kier alpha value is -1.59. The minimum Gasteiger partial charge on any atom is -0.494 e. The van der Waals surface area contributed by atoms with Crippen molar-refractivity contribution in [2.24, 2.45) is 5.92 Å². The predicted octanol–water partition coefficient (Wildman–Crippen LogP) is 3.87. The maximum atomic E-state index is 12.3. The number of ether oxygens (including phenoxy) is 4. The number of hydrogen-bond acceptors (Lipinski definition) is 5. The molecule has 1 fully saturated rings. The largest absolute Gasteiger partial charge is 0.494 e. The number of carbonyl (C=O) groups is 1. The Bertz CT molecular complexity index is 520. The highest BCUT2D eigenvalue weighted by molar-refractivity contribution is 5.76. The van der Waals surface area contributed by atoms with E-state index in [1.807, 2.05) is 19.9 Å². The Balaban J connectivity index is 1.81. The van der Waals surface area contributed by atoms with Crippen LogP contribution in [0.4, 0.5) is 0 Å². The standard InChI is InChI=1S/C19H28O5/c1-4-6-7-8-18-22-12-15(13-23-18)19(20)24-17-10-9-16(21-5-2)11-14(17)3/h9-11,15,18H,4-8,12-13H2,1-3H3. The van der Waals surface area contributed by atoms with Gasteiger partial charge in [0.2, 0.25) is 0 Å². The van der Waals surface area contributed by atoms with Crippen molar-refractivity contribution in [2.75, 3.05) is 19.8 Å². The molecular weight excluding hydrogens is 308 g/mol. The van der Waals surface area contributed by atoms with Crippen LogP contribution in [0.2, 0.25) is 0 Å². The van der Waals surface area contributed by atoms with Crippen LogP contribution >= 0.6 is 0 Å². The molecule has 1 aliphatic rings. The molecule has 5 nitrogen and oxygen atoms in total. The van der Waals surface area contributed by atoms with E-state index in [2.05, 4.69) is 6.92 Å². The summed E-state index contributed by atoms with van der Waals surface area (Å²) < 4.78 is 22.2. The van der Waals surface area contributed by atoms with Crippen LogP contribution in [0.15, 0.2) is 18.2 Å². The number of unbranched alkanes of at least 4 members (excludes halogenated alkanes) is 2. The number of rotatable bonds is 8. The molecule has 5 heteroatoms. The van der Waals surface area contributed by atoms with E-state index in [1.165, 1.54) is 12.8 Å². The summed E-state index contributed by atoms with van der Waals surface area (Å²) in [4.78, 5) is 12.3.